The number of benzene rings is 1. The Balaban J connectivity index is 1.86. The van der Waals surface area contributed by atoms with Crippen molar-refractivity contribution in [3.63, 3.8) is 0 Å². The Morgan fingerprint density at radius 1 is 1.26 bits per heavy atom. The van der Waals surface area contributed by atoms with E-state index in [4.69, 9.17) is 5.73 Å². The third-order valence-corrected chi connectivity index (χ3v) is 4.11. The van der Waals surface area contributed by atoms with Crippen LogP contribution in [0.3, 0.4) is 0 Å². The molecule has 0 spiro atoms. The van der Waals surface area contributed by atoms with Crippen LogP contribution < -0.4 is 5.73 Å². The summed E-state index contributed by atoms with van der Waals surface area (Å²) in [6.07, 6.45) is 0.935. The molecule has 0 saturated heterocycles. The first-order valence-electron chi connectivity index (χ1n) is 6.55. The van der Waals surface area contributed by atoms with Crippen molar-refractivity contribution in [1.82, 2.24) is 14.8 Å². The number of nitrogens with zero attached hydrogens (tertiary/aromatic N) is 3. The summed E-state index contributed by atoms with van der Waals surface area (Å²) in [6.45, 7) is 5.00. The smallest absolute Gasteiger partial charge is 0.191 e. The zero-order valence-corrected chi connectivity index (χ0v) is 12.2. The average molecular weight is 276 g/mol. The number of aromatic nitrogens is 3. The Labute approximate surface area is 118 Å². The second-order valence-corrected chi connectivity index (χ2v) is 5.49. The van der Waals surface area contributed by atoms with Gasteiger partial charge >= 0.3 is 0 Å². The van der Waals surface area contributed by atoms with Crippen LogP contribution in [-0.4, -0.2) is 20.5 Å². The maximum atomic E-state index is 6.18. The van der Waals surface area contributed by atoms with Gasteiger partial charge in [-0.1, -0.05) is 42.1 Å². The van der Waals surface area contributed by atoms with Gasteiger partial charge in [0.05, 0.1) is 0 Å². The van der Waals surface area contributed by atoms with E-state index in [1.807, 2.05) is 25.1 Å². The molecule has 1 aromatic heterocycles. The van der Waals surface area contributed by atoms with Gasteiger partial charge in [0.2, 0.25) is 0 Å². The molecule has 0 aliphatic heterocycles. The molecule has 0 radical (unpaired) electrons. The first kappa shape index (κ1) is 14.1. The third-order valence-electron chi connectivity index (χ3n) is 3.11. The summed E-state index contributed by atoms with van der Waals surface area (Å²) in [5, 5.41) is 9.28. The molecule has 2 aromatic rings. The molecule has 19 heavy (non-hydrogen) atoms. The van der Waals surface area contributed by atoms with Crippen LogP contribution >= 0.6 is 11.8 Å². The molecule has 4 nitrogen and oxygen atoms in total. The lowest BCUT2D eigenvalue weighted by molar-refractivity contribution is 0.658. The van der Waals surface area contributed by atoms with Gasteiger partial charge in [-0.15, -0.1) is 10.2 Å². The molecule has 1 aromatic carbocycles. The van der Waals surface area contributed by atoms with Crippen LogP contribution in [0.2, 0.25) is 0 Å². The van der Waals surface area contributed by atoms with Gasteiger partial charge in [-0.3, -0.25) is 0 Å². The highest BCUT2D eigenvalue weighted by Gasteiger charge is 2.09. The van der Waals surface area contributed by atoms with Gasteiger partial charge in [0.15, 0.2) is 5.16 Å². The molecule has 0 saturated carbocycles. The lowest BCUT2D eigenvalue weighted by Crippen LogP contribution is -2.11. The van der Waals surface area contributed by atoms with Gasteiger partial charge in [0.1, 0.15) is 5.82 Å². The van der Waals surface area contributed by atoms with Crippen molar-refractivity contribution in [3.8, 4) is 0 Å². The van der Waals surface area contributed by atoms with Crippen molar-refractivity contribution in [2.24, 2.45) is 5.73 Å². The van der Waals surface area contributed by atoms with E-state index in [1.54, 1.807) is 11.8 Å². The maximum Gasteiger partial charge on any atom is 0.191 e. The van der Waals surface area contributed by atoms with Crippen molar-refractivity contribution in [2.75, 3.05) is 5.75 Å². The minimum absolute atomic E-state index is 0.0906. The number of rotatable bonds is 6. The van der Waals surface area contributed by atoms with Crippen molar-refractivity contribution >= 4 is 11.8 Å². The number of thioether (sulfide) groups is 1. The standard InChI is InChI=1S/C14H20N4S/c1-3-18-11(2)16-17-14(18)19-10-9-13(15)12-7-5-4-6-8-12/h4-8,13H,3,9-10,15H2,1-2H3/t13-/m1/s1. The predicted octanol–water partition coefficient (Wildman–Crippen LogP) is 2.79. The normalized spacial score (nSPS) is 12.6. The molecule has 2 rings (SSSR count). The van der Waals surface area contributed by atoms with Crippen LogP contribution in [0.1, 0.15) is 30.8 Å². The Morgan fingerprint density at radius 2 is 2.00 bits per heavy atom. The van der Waals surface area contributed by atoms with Gasteiger partial charge < -0.3 is 10.3 Å². The lowest BCUT2D eigenvalue weighted by atomic mass is 10.1. The second-order valence-electron chi connectivity index (χ2n) is 4.43. The van der Waals surface area contributed by atoms with Crippen LogP contribution in [0.25, 0.3) is 0 Å². The summed E-state index contributed by atoms with van der Waals surface area (Å²) in [7, 11) is 0. The summed E-state index contributed by atoms with van der Waals surface area (Å²) in [5.74, 6) is 1.92. The Kier molecular flexibility index (Phi) is 4.99. The van der Waals surface area contributed by atoms with E-state index in [2.05, 4.69) is 33.8 Å². The van der Waals surface area contributed by atoms with Gasteiger partial charge in [-0.25, -0.2) is 0 Å². The van der Waals surface area contributed by atoms with Gasteiger partial charge in [0, 0.05) is 18.3 Å². The fourth-order valence-corrected chi connectivity index (χ4v) is 3.05. The summed E-state index contributed by atoms with van der Waals surface area (Å²) >= 11 is 1.72. The molecule has 0 amide bonds. The van der Waals surface area contributed by atoms with Gasteiger partial charge in [0.25, 0.3) is 0 Å². The molecule has 0 aliphatic rings. The molecule has 0 bridgehead atoms. The molecule has 0 fully saturated rings. The maximum absolute atomic E-state index is 6.18. The van der Waals surface area contributed by atoms with Crippen LogP contribution in [0.4, 0.5) is 0 Å². The summed E-state index contributed by atoms with van der Waals surface area (Å²) in [4.78, 5) is 0. The number of hydrogen-bond donors (Lipinski definition) is 1. The Hall–Kier alpha value is -1.33. The number of hydrogen-bond acceptors (Lipinski definition) is 4. The zero-order valence-electron chi connectivity index (χ0n) is 11.4. The minimum atomic E-state index is 0.0906. The average Bonchev–Trinajstić information content (AvgIpc) is 2.80. The highest BCUT2D eigenvalue weighted by Crippen LogP contribution is 2.21. The summed E-state index contributed by atoms with van der Waals surface area (Å²) in [6, 6.07) is 10.3. The van der Waals surface area contributed by atoms with E-state index >= 15 is 0 Å². The Bertz CT molecular complexity index is 509. The molecule has 0 unspecified atom stereocenters. The van der Waals surface area contributed by atoms with E-state index in [9.17, 15) is 0 Å². The second kappa shape index (κ2) is 6.73. The molecule has 2 N–H and O–H groups in total. The molecule has 1 atom stereocenters. The van der Waals surface area contributed by atoms with Crippen molar-refractivity contribution < 1.29 is 0 Å². The highest BCUT2D eigenvalue weighted by atomic mass is 32.2. The molecular weight excluding hydrogens is 256 g/mol. The topological polar surface area (TPSA) is 56.7 Å². The molecule has 1 heterocycles. The number of aryl methyl sites for hydroxylation is 1. The van der Waals surface area contributed by atoms with Crippen LogP contribution in [0.15, 0.2) is 35.5 Å². The van der Waals surface area contributed by atoms with E-state index in [0.717, 1.165) is 29.7 Å². The van der Waals surface area contributed by atoms with Crippen molar-refractivity contribution in [3.05, 3.63) is 41.7 Å². The third kappa shape index (κ3) is 3.58. The fraction of sp³-hybridized carbons (Fsp3) is 0.429. The molecule has 102 valence electrons. The lowest BCUT2D eigenvalue weighted by Gasteiger charge is -2.11. The van der Waals surface area contributed by atoms with Crippen LogP contribution in [-0.2, 0) is 6.54 Å². The van der Waals surface area contributed by atoms with Crippen molar-refractivity contribution in [2.45, 2.75) is 38.0 Å². The van der Waals surface area contributed by atoms with Crippen LogP contribution in [0.5, 0.6) is 0 Å². The van der Waals surface area contributed by atoms with E-state index in [1.165, 1.54) is 5.56 Å². The van der Waals surface area contributed by atoms with Gasteiger partial charge in [-0.2, -0.15) is 0 Å². The van der Waals surface area contributed by atoms with E-state index < -0.39 is 0 Å². The zero-order chi connectivity index (χ0) is 13.7. The van der Waals surface area contributed by atoms with Gasteiger partial charge in [-0.05, 0) is 25.8 Å². The molecule has 0 aliphatic carbocycles. The van der Waals surface area contributed by atoms with Crippen LogP contribution in [0, 0.1) is 6.92 Å². The predicted molar refractivity (Wildman–Crippen MR) is 79.1 cm³/mol. The SMILES string of the molecule is CCn1c(C)nnc1SCC[C@@H](N)c1ccccc1. The largest absolute Gasteiger partial charge is 0.324 e. The summed E-state index contributed by atoms with van der Waals surface area (Å²) in [5.41, 5.74) is 7.37. The minimum Gasteiger partial charge on any atom is -0.324 e. The quantitative estimate of drug-likeness (QED) is 0.824. The molecule has 5 heteroatoms. The van der Waals surface area contributed by atoms with E-state index in [0.29, 0.717) is 0 Å². The fourth-order valence-electron chi connectivity index (χ4n) is 1.98. The monoisotopic (exact) mass is 276 g/mol. The van der Waals surface area contributed by atoms with E-state index in [-0.39, 0.29) is 6.04 Å². The number of nitrogens with two attached hydrogens (primary N) is 1. The van der Waals surface area contributed by atoms with Crippen molar-refractivity contribution in [1.29, 1.82) is 0 Å². The first-order valence-corrected chi connectivity index (χ1v) is 7.54. The summed E-state index contributed by atoms with van der Waals surface area (Å²) < 4.78 is 2.12. The Morgan fingerprint density at radius 3 is 2.68 bits per heavy atom. The molecular formula is C14H20N4S. The first-order chi connectivity index (χ1) is 9.22. The highest BCUT2D eigenvalue weighted by molar-refractivity contribution is 7.99.